The number of amides is 1. The second kappa shape index (κ2) is 8.25. The van der Waals surface area contributed by atoms with Crippen LogP contribution < -0.4 is 5.32 Å². The summed E-state index contributed by atoms with van der Waals surface area (Å²) in [5.74, 6) is 0.512. The molecule has 0 bridgehead atoms. The number of nitrogens with one attached hydrogen (secondary N) is 1. The van der Waals surface area contributed by atoms with Crippen molar-refractivity contribution in [2.24, 2.45) is 7.05 Å². The first-order valence-electron chi connectivity index (χ1n) is 12.1. The first-order valence-corrected chi connectivity index (χ1v) is 12.1. The van der Waals surface area contributed by atoms with E-state index in [9.17, 15) is 18.0 Å². The molecule has 3 aromatic heterocycles. The Bertz CT molecular complexity index is 1560. The van der Waals surface area contributed by atoms with Gasteiger partial charge < -0.3 is 19.3 Å². The Kier molecular flexibility index (Phi) is 5.22. The molecule has 2 aliphatic rings. The number of para-hydroxylation sites is 1. The van der Waals surface area contributed by atoms with E-state index in [1.807, 2.05) is 54.9 Å². The zero-order chi connectivity index (χ0) is 26.1. The first-order chi connectivity index (χ1) is 17.6. The van der Waals surface area contributed by atoms with E-state index < -0.39 is 17.9 Å². The van der Waals surface area contributed by atoms with Crippen molar-refractivity contribution in [2.45, 2.75) is 44.9 Å². The van der Waals surface area contributed by atoms with Crippen LogP contribution in [0.15, 0.2) is 58.3 Å². The van der Waals surface area contributed by atoms with Gasteiger partial charge in [0, 0.05) is 42.6 Å². The van der Waals surface area contributed by atoms with Gasteiger partial charge in [0.25, 0.3) is 5.91 Å². The molecule has 0 aliphatic carbocycles. The summed E-state index contributed by atoms with van der Waals surface area (Å²) in [6.45, 7) is 4.04. The zero-order valence-electron chi connectivity index (χ0n) is 20.5. The molecule has 37 heavy (non-hydrogen) atoms. The van der Waals surface area contributed by atoms with Crippen LogP contribution in [0.2, 0.25) is 0 Å². The fourth-order valence-corrected chi connectivity index (χ4v) is 5.53. The third-order valence-electron chi connectivity index (χ3n) is 7.25. The number of fused-ring (bicyclic) bond motifs is 2. The van der Waals surface area contributed by atoms with Crippen molar-refractivity contribution in [3.8, 4) is 0 Å². The Hall–Kier alpha value is -4.02. The molecule has 0 saturated carbocycles. The predicted octanol–water partition coefficient (Wildman–Crippen LogP) is 5.34. The molecule has 11 heteroatoms. The smallest absolute Gasteiger partial charge is 0.359 e. The van der Waals surface area contributed by atoms with Gasteiger partial charge in [-0.1, -0.05) is 23.4 Å². The molecule has 1 amide bonds. The number of aromatic nitrogens is 4. The number of hydrogen-bond acceptors (Lipinski definition) is 5. The van der Waals surface area contributed by atoms with Gasteiger partial charge in [-0.3, -0.25) is 4.79 Å². The number of halogens is 3. The molecule has 8 nitrogen and oxygen atoms in total. The van der Waals surface area contributed by atoms with Crippen LogP contribution in [0.1, 0.15) is 54.7 Å². The van der Waals surface area contributed by atoms with E-state index in [-0.39, 0.29) is 17.8 Å². The average Bonchev–Trinajstić information content (AvgIpc) is 3.63. The number of carbonyl (C=O) groups is 1. The van der Waals surface area contributed by atoms with Gasteiger partial charge in [0.2, 0.25) is 0 Å². The molecule has 1 aromatic carbocycles. The normalized spacial score (nSPS) is 20.0. The number of nitrogens with zero attached hydrogens (tertiary/aromatic N) is 5. The van der Waals surface area contributed by atoms with Crippen LogP contribution in [0.4, 0.5) is 19.0 Å². The largest absolute Gasteiger partial charge is 0.435 e. The van der Waals surface area contributed by atoms with Crippen molar-refractivity contribution in [2.75, 3.05) is 11.9 Å². The standard InChI is InChI=1S/C26H25F3N6O2/c1-14-11-20(37-32-14)18-9-6-10-34(18)25(36)23-15(2)30-22-13-21(26(27,28)29)31-35(22)24(23)19-12-16-7-4-5-8-17(16)33(19)3/h4-5,7-8,11-13,18,24,30H,6,9-10H2,1-3H3/t18-,24+/m0/s1. The maximum absolute atomic E-state index is 14.2. The van der Waals surface area contributed by atoms with Gasteiger partial charge in [-0.25, -0.2) is 4.68 Å². The van der Waals surface area contributed by atoms with Gasteiger partial charge in [0.05, 0.1) is 17.3 Å². The molecule has 2 atom stereocenters. The molecule has 0 unspecified atom stereocenters. The maximum Gasteiger partial charge on any atom is 0.435 e. The van der Waals surface area contributed by atoms with Crippen molar-refractivity contribution in [1.29, 1.82) is 0 Å². The number of carbonyl (C=O) groups excluding carboxylic acids is 1. The van der Waals surface area contributed by atoms with Crippen LogP contribution in [0, 0.1) is 6.92 Å². The van der Waals surface area contributed by atoms with E-state index in [4.69, 9.17) is 4.52 Å². The van der Waals surface area contributed by atoms with Crippen molar-refractivity contribution in [1.82, 2.24) is 24.4 Å². The summed E-state index contributed by atoms with van der Waals surface area (Å²) >= 11 is 0. The number of aryl methyl sites for hydroxylation is 2. The Morgan fingerprint density at radius 2 is 1.95 bits per heavy atom. The summed E-state index contributed by atoms with van der Waals surface area (Å²) < 4.78 is 49.7. The summed E-state index contributed by atoms with van der Waals surface area (Å²) in [6.07, 6.45) is -3.14. The van der Waals surface area contributed by atoms with Crippen molar-refractivity contribution < 1.29 is 22.5 Å². The molecule has 4 aromatic rings. The average molecular weight is 511 g/mol. The van der Waals surface area contributed by atoms with Crippen LogP contribution in [-0.2, 0) is 18.0 Å². The SMILES string of the molecule is CC1=C(C(=O)N2CCC[C@H]2c2cc(C)no2)[C@@H](c2cc3ccccc3n2C)n2nc(C(F)(F)F)cc2N1. The molecule has 0 radical (unpaired) electrons. The molecular weight excluding hydrogens is 485 g/mol. The number of likely N-dealkylation sites (tertiary alicyclic amines) is 1. The highest BCUT2D eigenvalue weighted by Crippen LogP contribution is 2.43. The van der Waals surface area contributed by atoms with Gasteiger partial charge in [-0.05, 0) is 44.2 Å². The molecule has 1 fully saturated rings. The third kappa shape index (κ3) is 3.71. The van der Waals surface area contributed by atoms with E-state index in [1.54, 1.807) is 11.8 Å². The molecule has 2 aliphatic heterocycles. The highest BCUT2D eigenvalue weighted by atomic mass is 19.4. The van der Waals surface area contributed by atoms with Crippen molar-refractivity contribution in [3.05, 3.63) is 76.6 Å². The number of rotatable bonds is 3. The minimum Gasteiger partial charge on any atom is -0.359 e. The first kappa shape index (κ1) is 23.4. The Labute approximate surface area is 210 Å². The predicted molar refractivity (Wildman–Crippen MR) is 130 cm³/mol. The van der Waals surface area contributed by atoms with Crippen LogP contribution in [0.5, 0.6) is 0 Å². The second-order valence-electron chi connectivity index (χ2n) is 9.64. The highest BCUT2D eigenvalue weighted by Gasteiger charge is 2.43. The van der Waals surface area contributed by atoms with E-state index in [0.29, 0.717) is 35.7 Å². The van der Waals surface area contributed by atoms with Crippen molar-refractivity contribution in [3.63, 3.8) is 0 Å². The number of alkyl halides is 3. The minimum absolute atomic E-state index is 0.181. The van der Waals surface area contributed by atoms with Crippen LogP contribution in [0.3, 0.4) is 0 Å². The summed E-state index contributed by atoms with van der Waals surface area (Å²) in [5, 5.41) is 11.8. The number of allylic oxidation sites excluding steroid dienone is 1. The van der Waals surface area contributed by atoms with E-state index >= 15 is 0 Å². The fourth-order valence-electron chi connectivity index (χ4n) is 5.53. The van der Waals surface area contributed by atoms with Crippen LogP contribution in [-0.4, -0.2) is 36.9 Å². The molecule has 192 valence electrons. The molecule has 5 heterocycles. The fraction of sp³-hybridized carbons (Fsp3) is 0.346. The summed E-state index contributed by atoms with van der Waals surface area (Å²) in [6, 6.07) is 11.2. The van der Waals surface area contributed by atoms with Gasteiger partial charge in [0.1, 0.15) is 11.9 Å². The summed E-state index contributed by atoms with van der Waals surface area (Å²) in [5.41, 5.74) is 2.10. The zero-order valence-corrected chi connectivity index (χ0v) is 20.5. The Balaban J connectivity index is 1.51. The number of benzene rings is 1. The molecule has 1 N–H and O–H groups in total. The highest BCUT2D eigenvalue weighted by molar-refractivity contribution is 5.97. The van der Waals surface area contributed by atoms with Crippen LogP contribution >= 0.6 is 0 Å². The molecule has 0 spiro atoms. The second-order valence-corrected chi connectivity index (χ2v) is 9.64. The minimum atomic E-state index is -4.63. The lowest BCUT2D eigenvalue weighted by atomic mass is 9.97. The summed E-state index contributed by atoms with van der Waals surface area (Å²) in [7, 11) is 1.85. The van der Waals surface area contributed by atoms with Gasteiger partial charge in [-0.2, -0.15) is 18.3 Å². The van der Waals surface area contributed by atoms with Gasteiger partial charge >= 0.3 is 6.18 Å². The van der Waals surface area contributed by atoms with E-state index in [0.717, 1.165) is 29.1 Å². The topological polar surface area (TPSA) is 81.1 Å². The lowest BCUT2D eigenvalue weighted by Gasteiger charge is -2.33. The quantitative estimate of drug-likeness (QED) is 0.402. The van der Waals surface area contributed by atoms with E-state index in [1.165, 1.54) is 4.68 Å². The number of hydrogen-bond donors (Lipinski definition) is 1. The van der Waals surface area contributed by atoms with E-state index in [2.05, 4.69) is 15.6 Å². The monoisotopic (exact) mass is 510 g/mol. The van der Waals surface area contributed by atoms with Gasteiger partial charge in [-0.15, -0.1) is 0 Å². The lowest BCUT2D eigenvalue weighted by molar-refractivity contribution is -0.141. The summed E-state index contributed by atoms with van der Waals surface area (Å²) in [4.78, 5) is 15.9. The maximum atomic E-state index is 14.2. The molecule has 6 rings (SSSR count). The molecule has 1 saturated heterocycles. The lowest BCUT2D eigenvalue weighted by Crippen LogP contribution is -2.38. The Morgan fingerprint density at radius 3 is 2.65 bits per heavy atom. The Morgan fingerprint density at radius 1 is 1.16 bits per heavy atom. The number of anilines is 1. The van der Waals surface area contributed by atoms with Gasteiger partial charge in [0.15, 0.2) is 11.5 Å². The van der Waals surface area contributed by atoms with Crippen LogP contribution in [0.25, 0.3) is 10.9 Å². The van der Waals surface area contributed by atoms with Crippen molar-refractivity contribution >= 4 is 22.6 Å². The third-order valence-corrected chi connectivity index (χ3v) is 7.25. The molecular formula is C26H25F3N6O2.